The number of benzene rings is 2. The Hall–Kier alpha value is -3.04. The minimum Gasteiger partial charge on any atom is -0.305 e. The first kappa shape index (κ1) is 19.3. The number of hydrazine groups is 1. The largest absolute Gasteiger partial charge is 0.338 e. The number of halogens is 1. The summed E-state index contributed by atoms with van der Waals surface area (Å²) in [5, 5.41) is 13.3. The lowest BCUT2D eigenvalue weighted by Crippen LogP contribution is -2.56. The van der Waals surface area contributed by atoms with Gasteiger partial charge in [-0.25, -0.2) is 15.2 Å². The molecule has 0 radical (unpaired) electrons. The van der Waals surface area contributed by atoms with Crippen LogP contribution in [-0.2, 0) is 0 Å². The quantitative estimate of drug-likeness (QED) is 0.777. The van der Waals surface area contributed by atoms with Gasteiger partial charge in [-0.15, -0.1) is 0 Å². The molecule has 0 heterocycles. The number of nitriles is 1. The van der Waals surface area contributed by atoms with E-state index in [1.165, 1.54) is 17.1 Å². The maximum Gasteiger partial charge on any atom is 0.338 e. The fraction of sp³-hybridized carbons (Fsp3) is 0.211. The zero-order valence-electron chi connectivity index (χ0n) is 14.7. The zero-order chi connectivity index (χ0) is 19.3. The third-order valence-electron chi connectivity index (χ3n) is 3.46. The van der Waals surface area contributed by atoms with Crippen LogP contribution in [0.1, 0.15) is 36.7 Å². The Bertz CT molecular complexity index is 854. The van der Waals surface area contributed by atoms with Crippen LogP contribution in [0.25, 0.3) is 0 Å². The highest BCUT2D eigenvalue weighted by Crippen LogP contribution is 2.21. The van der Waals surface area contributed by atoms with Crippen LogP contribution in [0.4, 0.5) is 10.5 Å². The number of nitrogens with zero attached hydrogens (tertiary/aromatic N) is 2. The monoisotopic (exact) mass is 370 g/mol. The molecular formula is C19H19ClN4O2. The van der Waals surface area contributed by atoms with Crippen molar-refractivity contribution in [3.63, 3.8) is 0 Å². The highest BCUT2D eigenvalue weighted by atomic mass is 35.5. The van der Waals surface area contributed by atoms with Gasteiger partial charge >= 0.3 is 6.03 Å². The van der Waals surface area contributed by atoms with Crippen molar-refractivity contribution < 1.29 is 9.59 Å². The number of carbonyl (C=O) groups is 2. The highest BCUT2D eigenvalue weighted by Gasteiger charge is 2.29. The van der Waals surface area contributed by atoms with Crippen molar-refractivity contribution in [1.29, 1.82) is 5.26 Å². The molecule has 2 aromatic carbocycles. The molecule has 0 saturated heterocycles. The molecule has 0 aliphatic heterocycles. The first-order valence-electron chi connectivity index (χ1n) is 7.89. The molecule has 0 unspecified atom stereocenters. The third-order valence-corrected chi connectivity index (χ3v) is 3.69. The van der Waals surface area contributed by atoms with Gasteiger partial charge in [-0.05, 0) is 51.1 Å². The van der Waals surface area contributed by atoms with Gasteiger partial charge in [0.15, 0.2) is 0 Å². The molecule has 0 atom stereocenters. The molecule has 3 amide bonds. The van der Waals surface area contributed by atoms with E-state index in [4.69, 9.17) is 16.9 Å². The molecule has 0 aromatic heterocycles. The van der Waals surface area contributed by atoms with Crippen LogP contribution in [0.5, 0.6) is 0 Å². The highest BCUT2D eigenvalue weighted by molar-refractivity contribution is 6.31. The molecule has 2 aromatic rings. The molecule has 0 aliphatic rings. The molecule has 26 heavy (non-hydrogen) atoms. The van der Waals surface area contributed by atoms with Crippen LogP contribution in [-0.4, -0.2) is 22.5 Å². The van der Waals surface area contributed by atoms with Crippen LogP contribution < -0.4 is 10.7 Å². The zero-order valence-corrected chi connectivity index (χ0v) is 15.5. The molecule has 0 spiro atoms. The lowest BCUT2D eigenvalue weighted by atomic mass is 10.1. The number of rotatable bonds is 2. The van der Waals surface area contributed by atoms with Gasteiger partial charge in [-0.1, -0.05) is 29.8 Å². The summed E-state index contributed by atoms with van der Waals surface area (Å²) in [5.74, 6) is -0.347. The Kier molecular flexibility index (Phi) is 5.86. The Morgan fingerprint density at radius 2 is 1.77 bits per heavy atom. The van der Waals surface area contributed by atoms with E-state index in [1.807, 2.05) is 6.07 Å². The second-order valence-electron chi connectivity index (χ2n) is 6.55. The normalized spacial score (nSPS) is 10.6. The van der Waals surface area contributed by atoms with Gasteiger partial charge in [0.2, 0.25) is 0 Å². The molecule has 7 heteroatoms. The van der Waals surface area contributed by atoms with Crippen molar-refractivity contribution in [2.24, 2.45) is 0 Å². The molecule has 0 aliphatic carbocycles. The third kappa shape index (κ3) is 4.74. The smallest absolute Gasteiger partial charge is 0.305 e. The minimum atomic E-state index is -0.670. The summed E-state index contributed by atoms with van der Waals surface area (Å²) in [4.78, 5) is 25.2. The van der Waals surface area contributed by atoms with Crippen LogP contribution in [0, 0.1) is 11.3 Å². The number of hydrogen-bond acceptors (Lipinski definition) is 3. The van der Waals surface area contributed by atoms with E-state index in [9.17, 15) is 9.59 Å². The summed E-state index contributed by atoms with van der Waals surface area (Å²) in [7, 11) is 0. The van der Waals surface area contributed by atoms with Crippen LogP contribution in [0.15, 0.2) is 48.5 Å². The molecular weight excluding hydrogens is 352 g/mol. The summed E-state index contributed by atoms with van der Waals surface area (Å²) < 4.78 is 0. The van der Waals surface area contributed by atoms with E-state index >= 15 is 0 Å². The van der Waals surface area contributed by atoms with Gasteiger partial charge in [0.1, 0.15) is 6.07 Å². The van der Waals surface area contributed by atoms with E-state index in [2.05, 4.69) is 10.7 Å². The van der Waals surface area contributed by atoms with Crippen LogP contribution >= 0.6 is 11.6 Å². The lowest BCUT2D eigenvalue weighted by molar-refractivity contribution is 0.0460. The van der Waals surface area contributed by atoms with Crippen molar-refractivity contribution in [3.05, 3.63) is 64.7 Å². The predicted octanol–water partition coefficient (Wildman–Crippen LogP) is 4.19. The molecule has 0 bridgehead atoms. The Morgan fingerprint density at radius 3 is 2.35 bits per heavy atom. The fourth-order valence-corrected chi connectivity index (χ4v) is 2.37. The summed E-state index contributed by atoms with van der Waals surface area (Å²) >= 11 is 5.92. The van der Waals surface area contributed by atoms with Gasteiger partial charge in [0.25, 0.3) is 5.91 Å². The van der Waals surface area contributed by atoms with E-state index < -0.39 is 11.6 Å². The van der Waals surface area contributed by atoms with E-state index in [1.54, 1.807) is 57.2 Å². The maximum atomic E-state index is 12.8. The van der Waals surface area contributed by atoms with E-state index in [-0.39, 0.29) is 17.2 Å². The molecule has 2 rings (SSSR count). The molecule has 0 fully saturated rings. The minimum absolute atomic E-state index is 0.263. The summed E-state index contributed by atoms with van der Waals surface area (Å²) in [6.07, 6.45) is 0. The lowest BCUT2D eigenvalue weighted by Gasteiger charge is -2.35. The summed E-state index contributed by atoms with van der Waals surface area (Å²) in [6, 6.07) is 14.5. The van der Waals surface area contributed by atoms with Crippen molar-refractivity contribution in [2.75, 3.05) is 5.32 Å². The number of anilines is 1. The van der Waals surface area contributed by atoms with Crippen molar-refractivity contribution in [2.45, 2.75) is 26.3 Å². The van der Waals surface area contributed by atoms with Crippen LogP contribution in [0.3, 0.4) is 0 Å². The Morgan fingerprint density at radius 1 is 1.12 bits per heavy atom. The second-order valence-corrected chi connectivity index (χ2v) is 6.98. The first-order valence-corrected chi connectivity index (χ1v) is 8.27. The van der Waals surface area contributed by atoms with Crippen molar-refractivity contribution >= 4 is 29.2 Å². The topological polar surface area (TPSA) is 85.2 Å². The SMILES string of the molecule is CC(C)(C)N(NC(=O)Nc1cc(Cl)ccc1C#N)C(=O)c1ccccc1. The van der Waals surface area contributed by atoms with Crippen molar-refractivity contribution in [1.82, 2.24) is 10.4 Å². The summed E-state index contributed by atoms with van der Waals surface area (Å²) in [5.41, 5.74) is 2.86. The first-order chi connectivity index (χ1) is 12.2. The average molecular weight is 371 g/mol. The second kappa shape index (κ2) is 7.89. The Balaban J connectivity index is 2.22. The van der Waals surface area contributed by atoms with E-state index in [0.29, 0.717) is 10.6 Å². The molecule has 0 saturated carbocycles. The average Bonchev–Trinajstić information content (AvgIpc) is 2.59. The number of amides is 3. The predicted molar refractivity (Wildman–Crippen MR) is 101 cm³/mol. The Labute approximate surface area is 157 Å². The fourth-order valence-electron chi connectivity index (χ4n) is 2.20. The summed E-state index contributed by atoms with van der Waals surface area (Å²) in [6.45, 7) is 5.40. The molecule has 6 nitrogen and oxygen atoms in total. The van der Waals surface area contributed by atoms with Gasteiger partial charge < -0.3 is 5.32 Å². The van der Waals surface area contributed by atoms with Gasteiger partial charge in [0, 0.05) is 10.6 Å². The number of carbonyl (C=O) groups excluding carboxylic acids is 2. The van der Waals surface area contributed by atoms with Gasteiger partial charge in [-0.2, -0.15) is 5.26 Å². The van der Waals surface area contributed by atoms with E-state index in [0.717, 1.165) is 0 Å². The van der Waals surface area contributed by atoms with Gasteiger partial charge in [-0.3, -0.25) is 4.79 Å². The molecule has 2 N–H and O–H groups in total. The standard InChI is InChI=1S/C19H19ClN4O2/c1-19(2,3)24(17(25)13-7-5-4-6-8-13)23-18(26)22-16-11-15(20)10-9-14(16)12-21/h4-11H,1-3H3,(H2,22,23,26). The van der Waals surface area contributed by atoms with Crippen molar-refractivity contribution in [3.8, 4) is 6.07 Å². The van der Waals surface area contributed by atoms with Gasteiger partial charge in [0.05, 0.1) is 16.8 Å². The number of urea groups is 1. The molecule has 134 valence electrons. The maximum absolute atomic E-state index is 12.8. The number of hydrogen-bond donors (Lipinski definition) is 2. The van der Waals surface area contributed by atoms with Crippen LogP contribution in [0.2, 0.25) is 5.02 Å². The number of nitrogens with one attached hydrogen (secondary N) is 2.